The second-order valence-electron chi connectivity index (χ2n) is 13.3. The minimum Gasteiger partial charge on any atom is -0.540 e. The average Bonchev–Trinajstić information content (AvgIpc) is 3.17. The van der Waals surface area contributed by atoms with Gasteiger partial charge in [-0.2, -0.15) is 0 Å². The first kappa shape index (κ1) is 26.8. The van der Waals surface area contributed by atoms with Crippen LogP contribution in [0.5, 0.6) is 11.5 Å². The summed E-state index contributed by atoms with van der Waals surface area (Å²) in [7, 11) is -0.250. The molecule has 1 aromatic rings. The van der Waals surface area contributed by atoms with Gasteiger partial charge < -0.3 is 14.0 Å². The van der Waals surface area contributed by atoms with Gasteiger partial charge in [0, 0.05) is 5.92 Å². The summed E-state index contributed by atoms with van der Waals surface area (Å²) in [6.45, 7) is 18.7. The van der Waals surface area contributed by atoms with Crippen LogP contribution in [-0.2, 0) is 11.2 Å². The van der Waals surface area contributed by atoms with Crippen LogP contribution in [0.2, 0.25) is 16.6 Å². The van der Waals surface area contributed by atoms with E-state index in [1.54, 1.807) is 7.11 Å². The Morgan fingerprint density at radius 3 is 2.17 bits per heavy atom. The number of methoxy groups -OCH3 is 1. The molecule has 0 saturated heterocycles. The molecule has 0 spiro atoms. The van der Waals surface area contributed by atoms with Crippen LogP contribution >= 0.6 is 0 Å². The van der Waals surface area contributed by atoms with Gasteiger partial charge in [0.25, 0.3) is 8.32 Å². The monoisotopic (exact) mass is 498 g/mol. The van der Waals surface area contributed by atoms with Crippen LogP contribution in [0.4, 0.5) is 0 Å². The highest BCUT2D eigenvalue weighted by Gasteiger charge is 2.56. The Morgan fingerprint density at radius 2 is 1.60 bits per heavy atom. The number of benzene rings is 1. The Kier molecular flexibility index (Phi) is 7.55. The number of hydrogen-bond donors (Lipinski definition) is 0. The van der Waals surface area contributed by atoms with Crippen LogP contribution < -0.4 is 9.16 Å². The van der Waals surface area contributed by atoms with Crippen LogP contribution in [0.15, 0.2) is 12.1 Å². The first-order valence-electron chi connectivity index (χ1n) is 14.4. The van der Waals surface area contributed by atoms with Crippen molar-refractivity contribution in [2.24, 2.45) is 29.1 Å². The Bertz CT molecular complexity index is 900. The molecule has 3 aliphatic rings. The number of rotatable bonds is 8. The number of aldehydes is 1. The average molecular weight is 499 g/mol. The van der Waals surface area contributed by atoms with Gasteiger partial charge in [0.1, 0.15) is 12.0 Å². The van der Waals surface area contributed by atoms with Gasteiger partial charge in [-0.25, -0.2) is 0 Å². The first-order chi connectivity index (χ1) is 16.5. The molecule has 0 amide bonds. The van der Waals surface area contributed by atoms with Crippen LogP contribution in [0, 0.1) is 29.1 Å². The van der Waals surface area contributed by atoms with Crippen molar-refractivity contribution < 1.29 is 14.0 Å². The van der Waals surface area contributed by atoms with Crippen LogP contribution in [0.3, 0.4) is 0 Å². The van der Waals surface area contributed by atoms with Crippen LogP contribution in [-0.4, -0.2) is 21.7 Å². The van der Waals surface area contributed by atoms with E-state index in [1.165, 1.54) is 49.5 Å². The predicted molar refractivity (Wildman–Crippen MR) is 148 cm³/mol. The summed E-state index contributed by atoms with van der Waals surface area (Å²) in [5, 5.41) is 0. The number of aryl methyl sites for hydroxylation is 1. The third kappa shape index (κ3) is 4.20. The molecule has 1 aromatic carbocycles. The number of carbonyl (C=O) groups is 1. The molecule has 0 radical (unpaired) electrons. The molecule has 6 atom stereocenters. The van der Waals surface area contributed by atoms with Gasteiger partial charge in [0.15, 0.2) is 5.75 Å². The zero-order valence-corrected chi connectivity index (χ0v) is 24.8. The molecule has 0 unspecified atom stereocenters. The summed E-state index contributed by atoms with van der Waals surface area (Å²) in [5.41, 5.74) is 4.93. The maximum Gasteiger partial charge on any atom is 0.258 e. The number of ether oxygens (including phenoxy) is 1. The van der Waals surface area contributed by atoms with Gasteiger partial charge >= 0.3 is 0 Å². The lowest BCUT2D eigenvalue weighted by Crippen LogP contribution is -2.50. The molecule has 35 heavy (non-hydrogen) atoms. The zero-order chi connectivity index (χ0) is 25.7. The first-order valence-corrected chi connectivity index (χ1v) is 16.5. The molecule has 0 aliphatic heterocycles. The maximum atomic E-state index is 11.7. The van der Waals surface area contributed by atoms with Crippen molar-refractivity contribution in [3.05, 3.63) is 23.3 Å². The topological polar surface area (TPSA) is 35.5 Å². The number of fused-ring (bicyclic) bond motifs is 5. The van der Waals surface area contributed by atoms with Gasteiger partial charge in [-0.05, 0) is 107 Å². The molecule has 0 heterocycles. The molecule has 3 aliphatic carbocycles. The van der Waals surface area contributed by atoms with Crippen molar-refractivity contribution in [1.29, 1.82) is 0 Å². The van der Waals surface area contributed by atoms with Gasteiger partial charge in [-0.15, -0.1) is 0 Å². The fourth-order valence-corrected chi connectivity index (χ4v) is 14.6. The van der Waals surface area contributed by atoms with Gasteiger partial charge in [-0.3, -0.25) is 0 Å². The lowest BCUT2D eigenvalue weighted by Gasteiger charge is -2.51. The lowest BCUT2D eigenvalue weighted by atomic mass is 9.53. The van der Waals surface area contributed by atoms with Crippen LogP contribution in [0.1, 0.15) is 105 Å². The van der Waals surface area contributed by atoms with E-state index in [0.29, 0.717) is 33.9 Å². The SMILES string of the molecule is COc1cc2c(cc1O[Si](C(C)C)(C(C)C)C(C)C)CC[C@@H]1[C@@H]2CC[C@]2(C)[C@@H]([C@H](C)C=O)CC[C@@H]12. The fraction of sp³-hybridized carbons (Fsp3) is 0.774. The van der Waals surface area contributed by atoms with E-state index in [9.17, 15) is 4.79 Å². The van der Waals surface area contributed by atoms with Crippen molar-refractivity contribution in [2.45, 2.75) is 116 Å². The molecule has 4 rings (SSSR count). The number of hydrogen-bond acceptors (Lipinski definition) is 3. The van der Waals surface area contributed by atoms with Crippen molar-refractivity contribution in [3.63, 3.8) is 0 Å². The summed E-state index contributed by atoms with van der Waals surface area (Å²) in [6, 6.07) is 4.71. The number of carbonyl (C=O) groups excluding carboxylic acids is 1. The highest BCUT2D eigenvalue weighted by atomic mass is 28.4. The Hall–Kier alpha value is -1.29. The van der Waals surface area contributed by atoms with Crippen LogP contribution in [0.25, 0.3) is 0 Å². The normalized spacial score (nSPS) is 31.2. The van der Waals surface area contributed by atoms with E-state index in [1.807, 2.05) is 0 Å². The molecule has 0 N–H and O–H groups in total. The van der Waals surface area contributed by atoms with Gasteiger partial charge in [-0.1, -0.05) is 55.4 Å². The third-order valence-electron chi connectivity index (χ3n) is 10.9. The largest absolute Gasteiger partial charge is 0.540 e. The highest BCUT2D eigenvalue weighted by Crippen LogP contribution is 2.64. The second kappa shape index (κ2) is 9.87. The highest BCUT2D eigenvalue weighted by molar-refractivity contribution is 6.78. The van der Waals surface area contributed by atoms with Gasteiger partial charge in [0.2, 0.25) is 0 Å². The van der Waals surface area contributed by atoms with E-state index in [0.717, 1.165) is 29.8 Å². The quantitative estimate of drug-likeness (QED) is 0.266. The Labute approximate surface area is 215 Å². The Balaban J connectivity index is 1.67. The molecule has 196 valence electrons. The second-order valence-corrected chi connectivity index (χ2v) is 18.6. The lowest BCUT2D eigenvalue weighted by molar-refractivity contribution is -0.114. The smallest absolute Gasteiger partial charge is 0.258 e. The Morgan fingerprint density at radius 1 is 0.943 bits per heavy atom. The molecule has 3 nitrogen and oxygen atoms in total. The van der Waals surface area contributed by atoms with Crippen molar-refractivity contribution in [2.75, 3.05) is 7.11 Å². The minimum atomic E-state index is -2.05. The maximum absolute atomic E-state index is 11.7. The molecule has 0 bridgehead atoms. The molecule has 0 aromatic heterocycles. The summed E-state index contributed by atoms with van der Waals surface area (Å²) in [6.07, 6.45) is 8.61. The van der Waals surface area contributed by atoms with Gasteiger partial charge in [0.05, 0.1) is 7.11 Å². The minimum absolute atomic E-state index is 0.185. The molecular weight excluding hydrogens is 448 g/mol. The summed E-state index contributed by atoms with van der Waals surface area (Å²) < 4.78 is 13.1. The van der Waals surface area contributed by atoms with Crippen molar-refractivity contribution in [1.82, 2.24) is 0 Å². The van der Waals surface area contributed by atoms with E-state index in [2.05, 4.69) is 67.5 Å². The molecule has 4 heteroatoms. The summed E-state index contributed by atoms with van der Waals surface area (Å²) in [5.74, 6) is 4.74. The molecular formula is C31H50O3Si. The van der Waals surface area contributed by atoms with Crippen molar-refractivity contribution >= 4 is 14.6 Å². The van der Waals surface area contributed by atoms with E-state index in [4.69, 9.17) is 9.16 Å². The van der Waals surface area contributed by atoms with E-state index >= 15 is 0 Å². The molecule has 2 saturated carbocycles. The van der Waals surface area contributed by atoms with Crippen molar-refractivity contribution in [3.8, 4) is 11.5 Å². The standard InChI is InChI=1S/C31H50O3Si/c1-19(2)35(20(3)4,21(5)6)34-30-16-23-10-11-25-24(26(23)17-29(30)33-9)14-15-31(8)27(22(7)18-32)12-13-28(25)31/h16-22,24-25,27-28H,10-15H2,1-9H3/t22-,24+,25-,27-,28+,31-/m1/s1. The summed E-state index contributed by atoms with van der Waals surface area (Å²) >= 11 is 0. The van der Waals surface area contributed by atoms with E-state index in [-0.39, 0.29) is 5.92 Å². The molecule has 2 fully saturated rings. The zero-order valence-electron chi connectivity index (χ0n) is 23.8. The van der Waals surface area contributed by atoms with E-state index < -0.39 is 8.32 Å². The third-order valence-corrected chi connectivity index (χ3v) is 16.9. The summed E-state index contributed by atoms with van der Waals surface area (Å²) in [4.78, 5) is 11.7. The predicted octanol–water partition coefficient (Wildman–Crippen LogP) is 8.56. The fourth-order valence-electron chi connectivity index (χ4n) is 9.36.